The Kier molecular flexibility index (Phi) is 5.92. The predicted octanol–water partition coefficient (Wildman–Crippen LogP) is 1.54. The van der Waals surface area contributed by atoms with Gasteiger partial charge in [0.25, 0.3) is 0 Å². The Morgan fingerprint density at radius 3 is 2.73 bits per heavy atom. The van der Waals surface area contributed by atoms with Crippen LogP contribution in [0.15, 0.2) is 29.9 Å². The summed E-state index contributed by atoms with van der Waals surface area (Å²) in [5.74, 6) is -0.216. The summed E-state index contributed by atoms with van der Waals surface area (Å²) in [4.78, 5) is 26.9. The molecule has 0 spiro atoms. The van der Waals surface area contributed by atoms with Gasteiger partial charge in [-0.1, -0.05) is 6.07 Å². The minimum absolute atomic E-state index is 0.273. The first-order valence-corrected chi connectivity index (χ1v) is 13.1. The van der Waals surface area contributed by atoms with Crippen LogP contribution in [0, 0.1) is 5.82 Å². The fraction of sp³-hybridized carbons (Fsp3) is 0.458. The number of thiazole rings is 1. The number of rotatable bonds is 5. The molecule has 3 aliphatic heterocycles. The molecular weight excluding hydrogens is 499 g/mol. The Morgan fingerprint density at radius 2 is 2.03 bits per heavy atom. The monoisotopic (exact) mass is 528 g/mol. The molecule has 2 aromatic heterocycles. The first kappa shape index (κ1) is 24.2. The molecule has 0 radical (unpaired) electrons. The Bertz CT molecular complexity index is 1330. The summed E-state index contributed by atoms with van der Waals surface area (Å²) in [6, 6.07) is 5.15. The second-order valence-electron chi connectivity index (χ2n) is 9.84. The third-order valence-electron chi connectivity index (χ3n) is 7.63. The van der Waals surface area contributed by atoms with E-state index >= 15 is 4.39 Å². The van der Waals surface area contributed by atoms with Crippen molar-refractivity contribution >= 4 is 33.9 Å². The van der Waals surface area contributed by atoms with Crippen LogP contribution in [0.2, 0.25) is 0 Å². The number of benzene rings is 1. The molecule has 1 aromatic carbocycles. The quantitative estimate of drug-likeness (QED) is 0.391. The van der Waals surface area contributed by atoms with Gasteiger partial charge >= 0.3 is 0 Å². The average Bonchev–Trinajstić information content (AvgIpc) is 3.55. The largest absolute Gasteiger partial charge is 0.372 e. The number of imidazole rings is 1. The molecule has 5 atom stereocenters. The SMILES string of the molecule is C[C@@H](C(=O)Nc1nc(-c2ccc(N3[C@@H]4CNC[C@@H]3C4)c(F)c2)cs1)n1cnc2c1[C@H](O)N(C)[C@@H](O)N2C. The van der Waals surface area contributed by atoms with Gasteiger partial charge in [0.05, 0.1) is 17.7 Å². The van der Waals surface area contributed by atoms with Crippen molar-refractivity contribution in [3.63, 3.8) is 0 Å². The fourth-order valence-electron chi connectivity index (χ4n) is 5.44. The molecule has 0 unspecified atom stereocenters. The van der Waals surface area contributed by atoms with E-state index in [9.17, 15) is 15.0 Å². The minimum Gasteiger partial charge on any atom is -0.372 e. The third kappa shape index (κ3) is 3.89. The van der Waals surface area contributed by atoms with Gasteiger partial charge in [0.1, 0.15) is 17.6 Å². The van der Waals surface area contributed by atoms with Gasteiger partial charge in [0.2, 0.25) is 5.91 Å². The topological polar surface area (TPSA) is 122 Å². The highest BCUT2D eigenvalue weighted by Gasteiger charge is 2.42. The number of hydrogen-bond acceptors (Lipinski definition) is 10. The Labute approximate surface area is 217 Å². The van der Waals surface area contributed by atoms with Gasteiger partial charge in [0, 0.05) is 43.2 Å². The van der Waals surface area contributed by atoms with E-state index in [1.807, 2.05) is 12.1 Å². The van der Waals surface area contributed by atoms with Gasteiger partial charge in [0.15, 0.2) is 23.5 Å². The number of carbonyl (C=O) groups excluding carboxylic acids is 1. The van der Waals surface area contributed by atoms with Gasteiger partial charge in [-0.2, -0.15) is 0 Å². The lowest BCUT2D eigenvalue weighted by Crippen LogP contribution is -2.68. The molecule has 4 N–H and O–H groups in total. The Morgan fingerprint density at radius 1 is 1.27 bits per heavy atom. The van der Waals surface area contributed by atoms with Gasteiger partial charge in [-0.15, -0.1) is 11.3 Å². The van der Waals surface area contributed by atoms with E-state index in [-0.39, 0.29) is 11.7 Å². The maximum atomic E-state index is 15.0. The molecule has 0 saturated carbocycles. The van der Waals surface area contributed by atoms with Crippen LogP contribution in [-0.4, -0.2) is 81.2 Å². The summed E-state index contributed by atoms with van der Waals surface area (Å²) in [5, 5.41) is 29.3. The zero-order chi connectivity index (χ0) is 26.0. The normalized spacial score (nSPS) is 26.0. The number of piperazine rings is 1. The number of nitrogens with one attached hydrogen (secondary N) is 2. The van der Waals surface area contributed by atoms with E-state index in [1.54, 1.807) is 31.0 Å². The summed E-state index contributed by atoms with van der Waals surface area (Å²) >= 11 is 1.26. The van der Waals surface area contributed by atoms with E-state index in [0.717, 1.165) is 19.5 Å². The molecule has 5 heterocycles. The second kappa shape index (κ2) is 9.03. The smallest absolute Gasteiger partial charge is 0.248 e. The average molecular weight is 529 g/mol. The lowest BCUT2D eigenvalue weighted by molar-refractivity contribution is -0.119. The number of fused-ring (bicyclic) bond motifs is 3. The zero-order valence-electron chi connectivity index (χ0n) is 20.7. The van der Waals surface area contributed by atoms with Crippen LogP contribution in [0.4, 0.5) is 21.0 Å². The van der Waals surface area contributed by atoms with Crippen molar-refractivity contribution in [1.82, 2.24) is 24.8 Å². The van der Waals surface area contributed by atoms with Gasteiger partial charge in [-0.3, -0.25) is 4.79 Å². The van der Waals surface area contributed by atoms with Crippen LogP contribution in [0.1, 0.15) is 31.3 Å². The number of piperidine rings is 1. The van der Waals surface area contributed by atoms with E-state index in [0.29, 0.717) is 45.7 Å². The van der Waals surface area contributed by atoms with Crippen molar-refractivity contribution in [2.45, 2.75) is 44.0 Å². The van der Waals surface area contributed by atoms with E-state index in [2.05, 4.69) is 25.5 Å². The summed E-state index contributed by atoms with van der Waals surface area (Å²) in [5.41, 5.74) is 2.26. The van der Waals surface area contributed by atoms with E-state index in [1.165, 1.54) is 33.5 Å². The van der Waals surface area contributed by atoms with E-state index in [4.69, 9.17) is 0 Å². The third-order valence-corrected chi connectivity index (χ3v) is 8.39. The number of amides is 1. The molecule has 37 heavy (non-hydrogen) atoms. The van der Waals surface area contributed by atoms with E-state index < -0.39 is 18.6 Å². The van der Waals surface area contributed by atoms with Gasteiger partial charge < -0.3 is 35.2 Å². The zero-order valence-corrected chi connectivity index (χ0v) is 21.5. The van der Waals surface area contributed by atoms with Crippen molar-refractivity contribution in [3.05, 3.63) is 41.4 Å². The number of hydrogen-bond donors (Lipinski definition) is 4. The Balaban J connectivity index is 1.17. The van der Waals surface area contributed by atoms with Gasteiger partial charge in [-0.05, 0) is 32.5 Å². The van der Waals surface area contributed by atoms with Crippen molar-refractivity contribution in [2.75, 3.05) is 42.3 Å². The number of aliphatic hydroxyl groups is 2. The molecular formula is C24H29FN8O3S. The Hall–Kier alpha value is -3.10. The minimum atomic E-state index is -1.13. The molecule has 3 aliphatic rings. The predicted molar refractivity (Wildman–Crippen MR) is 138 cm³/mol. The molecule has 13 heteroatoms. The van der Waals surface area contributed by atoms with Crippen LogP contribution in [-0.2, 0) is 4.79 Å². The molecule has 2 bridgehead atoms. The maximum absolute atomic E-state index is 15.0. The molecule has 3 aromatic rings. The number of aliphatic hydroxyl groups excluding tert-OH is 2. The molecule has 6 rings (SSSR count). The van der Waals surface area contributed by atoms with Crippen LogP contribution in [0.5, 0.6) is 0 Å². The van der Waals surface area contributed by atoms with Crippen LogP contribution < -0.4 is 20.4 Å². The molecule has 0 aliphatic carbocycles. The highest BCUT2D eigenvalue weighted by Crippen LogP contribution is 2.38. The van der Waals surface area contributed by atoms with Crippen molar-refractivity contribution in [2.24, 2.45) is 0 Å². The number of aromatic nitrogens is 3. The summed E-state index contributed by atoms with van der Waals surface area (Å²) in [6.07, 6.45) is 0.402. The first-order valence-electron chi connectivity index (χ1n) is 12.2. The maximum Gasteiger partial charge on any atom is 0.248 e. The molecule has 2 saturated heterocycles. The standard InChI is InChI=1S/C24H29FN8O3S/c1-12(32-11-27-20-19(32)22(35)31(3)24(36)30(20)2)21(34)29-23-28-17(10-37-23)13-4-5-18(16(25)6-13)33-14-7-15(33)9-26-8-14/h4-6,10-12,14-15,22,24,26,35-36H,7-9H2,1-3H3,(H,28,29,34)/t12-,14-,15-,22-,24-/m0/s1. The highest BCUT2D eigenvalue weighted by atomic mass is 32.1. The lowest BCUT2D eigenvalue weighted by atomic mass is 9.88. The van der Waals surface area contributed by atoms with Crippen molar-refractivity contribution < 1.29 is 19.4 Å². The van der Waals surface area contributed by atoms with Gasteiger partial charge in [-0.25, -0.2) is 19.3 Å². The number of carbonyl (C=O) groups is 1. The molecule has 1 amide bonds. The molecule has 196 valence electrons. The molecule has 11 nitrogen and oxygen atoms in total. The summed E-state index contributed by atoms with van der Waals surface area (Å²) in [7, 11) is 3.24. The number of halogens is 1. The van der Waals surface area contributed by atoms with Crippen LogP contribution in [0.25, 0.3) is 11.3 Å². The number of anilines is 3. The number of nitrogens with zero attached hydrogens (tertiary/aromatic N) is 6. The summed E-state index contributed by atoms with van der Waals surface area (Å²) < 4.78 is 16.6. The van der Waals surface area contributed by atoms with Crippen molar-refractivity contribution in [1.29, 1.82) is 0 Å². The van der Waals surface area contributed by atoms with Crippen molar-refractivity contribution in [3.8, 4) is 11.3 Å². The van der Waals surface area contributed by atoms with Crippen LogP contribution in [0.3, 0.4) is 0 Å². The fourth-order valence-corrected chi connectivity index (χ4v) is 6.16. The first-order chi connectivity index (χ1) is 17.7. The lowest BCUT2D eigenvalue weighted by Gasteiger charge is -2.54. The molecule has 2 fully saturated rings. The van der Waals surface area contributed by atoms with Crippen LogP contribution >= 0.6 is 11.3 Å². The highest BCUT2D eigenvalue weighted by molar-refractivity contribution is 7.14. The second-order valence-corrected chi connectivity index (χ2v) is 10.7. The summed E-state index contributed by atoms with van der Waals surface area (Å²) in [6.45, 7) is 3.45.